The molecule has 0 aliphatic carbocycles. The van der Waals surface area contributed by atoms with Crippen LogP contribution >= 0.6 is 0 Å². The molecule has 1 amide bonds. The van der Waals surface area contributed by atoms with Crippen molar-refractivity contribution in [3.8, 4) is 11.8 Å². The molecule has 0 heterocycles. The zero-order valence-corrected chi connectivity index (χ0v) is 11.5. The fraction of sp³-hybridized carbons (Fsp3) is 0.333. The molecule has 1 rings (SSSR count). The lowest BCUT2D eigenvalue weighted by Gasteiger charge is -2.16. The lowest BCUT2D eigenvalue weighted by molar-refractivity contribution is -0.140. The third-order valence-electron chi connectivity index (χ3n) is 2.67. The quantitative estimate of drug-likeness (QED) is 0.647. The highest BCUT2D eigenvalue weighted by atomic mass is 16.5. The molecule has 0 aliphatic heterocycles. The number of aliphatic hydroxyl groups excluding tert-OH is 1. The number of rotatable bonds is 4. The summed E-state index contributed by atoms with van der Waals surface area (Å²) in [6.45, 7) is 0.106. The Morgan fingerprint density at radius 3 is 2.50 bits per heavy atom. The van der Waals surface area contributed by atoms with Crippen LogP contribution in [0, 0.1) is 11.8 Å². The van der Waals surface area contributed by atoms with Gasteiger partial charge in [-0.05, 0) is 24.3 Å². The molecule has 0 fully saturated rings. The first-order chi connectivity index (χ1) is 9.58. The van der Waals surface area contributed by atoms with E-state index in [1.54, 1.807) is 31.3 Å². The van der Waals surface area contributed by atoms with Gasteiger partial charge >= 0.3 is 5.97 Å². The highest BCUT2D eigenvalue weighted by Gasteiger charge is 2.12. The number of amides is 1. The minimum absolute atomic E-state index is 0.165. The van der Waals surface area contributed by atoms with E-state index in [1.807, 2.05) is 0 Å². The average molecular weight is 275 g/mol. The number of benzene rings is 1. The number of carbonyl (C=O) groups excluding carboxylic acids is 2. The Kier molecular flexibility index (Phi) is 6.27. The van der Waals surface area contributed by atoms with Crippen LogP contribution in [0.15, 0.2) is 24.3 Å². The van der Waals surface area contributed by atoms with E-state index in [2.05, 4.69) is 16.6 Å². The summed E-state index contributed by atoms with van der Waals surface area (Å²) in [6.07, 6.45) is 0.165. The molecule has 0 radical (unpaired) electrons. The topological polar surface area (TPSA) is 66.8 Å². The largest absolute Gasteiger partial charge is 0.469 e. The second kappa shape index (κ2) is 7.97. The van der Waals surface area contributed by atoms with Crippen molar-refractivity contribution in [2.45, 2.75) is 6.42 Å². The molecule has 0 atom stereocenters. The van der Waals surface area contributed by atoms with Gasteiger partial charge in [-0.25, -0.2) is 0 Å². The summed E-state index contributed by atoms with van der Waals surface area (Å²) in [5, 5.41) is 8.60. The summed E-state index contributed by atoms with van der Waals surface area (Å²) in [4.78, 5) is 24.6. The van der Waals surface area contributed by atoms with Crippen molar-refractivity contribution in [1.29, 1.82) is 0 Å². The van der Waals surface area contributed by atoms with Crippen LogP contribution in [0.3, 0.4) is 0 Å². The number of esters is 1. The van der Waals surface area contributed by atoms with Gasteiger partial charge in [0.15, 0.2) is 0 Å². The maximum atomic E-state index is 12.1. The molecule has 20 heavy (non-hydrogen) atoms. The van der Waals surface area contributed by atoms with Crippen molar-refractivity contribution in [3.05, 3.63) is 35.4 Å². The summed E-state index contributed by atoms with van der Waals surface area (Å²) in [7, 11) is 2.95. The first-order valence-corrected chi connectivity index (χ1v) is 6.10. The van der Waals surface area contributed by atoms with Crippen LogP contribution in [-0.2, 0) is 9.53 Å². The standard InChI is InChI=1S/C15H17NO4/c1-16(10-9-14(18)20-2)15(19)13-7-5-12(6-8-13)4-3-11-17/h5-8,17H,9-11H2,1-2H3. The minimum Gasteiger partial charge on any atom is -0.469 e. The average Bonchev–Trinajstić information content (AvgIpc) is 2.49. The van der Waals surface area contributed by atoms with Crippen molar-refractivity contribution < 1.29 is 19.4 Å². The van der Waals surface area contributed by atoms with Gasteiger partial charge in [-0.15, -0.1) is 0 Å². The van der Waals surface area contributed by atoms with E-state index in [9.17, 15) is 9.59 Å². The molecular formula is C15H17NO4. The lowest BCUT2D eigenvalue weighted by atomic mass is 10.1. The maximum Gasteiger partial charge on any atom is 0.307 e. The summed E-state index contributed by atoms with van der Waals surface area (Å²) < 4.78 is 4.53. The number of nitrogens with zero attached hydrogens (tertiary/aromatic N) is 1. The van der Waals surface area contributed by atoms with Crippen LogP contribution in [0.1, 0.15) is 22.3 Å². The molecule has 0 unspecified atom stereocenters. The van der Waals surface area contributed by atoms with Gasteiger partial charge in [-0.1, -0.05) is 11.8 Å². The molecule has 0 aromatic heterocycles. The molecule has 106 valence electrons. The van der Waals surface area contributed by atoms with Crippen molar-refractivity contribution in [1.82, 2.24) is 4.90 Å². The second-order valence-electron chi connectivity index (χ2n) is 4.09. The first-order valence-electron chi connectivity index (χ1n) is 6.10. The van der Waals surface area contributed by atoms with Crippen LogP contribution in [0.2, 0.25) is 0 Å². The molecule has 0 saturated heterocycles. The Hall–Kier alpha value is -2.32. The Bertz CT molecular complexity index is 525. The molecule has 0 bridgehead atoms. The van der Waals surface area contributed by atoms with Gasteiger partial charge < -0.3 is 14.7 Å². The fourth-order valence-corrected chi connectivity index (χ4v) is 1.52. The number of carbonyl (C=O) groups is 2. The van der Waals surface area contributed by atoms with Crippen LogP contribution < -0.4 is 0 Å². The molecule has 0 saturated carbocycles. The van der Waals surface area contributed by atoms with Crippen molar-refractivity contribution in [3.63, 3.8) is 0 Å². The van der Waals surface area contributed by atoms with Gasteiger partial charge in [0.1, 0.15) is 6.61 Å². The van der Waals surface area contributed by atoms with Crippen LogP contribution in [0.25, 0.3) is 0 Å². The molecule has 1 aromatic carbocycles. The third-order valence-corrected chi connectivity index (χ3v) is 2.67. The fourth-order valence-electron chi connectivity index (χ4n) is 1.52. The van der Waals surface area contributed by atoms with Crippen molar-refractivity contribution >= 4 is 11.9 Å². The number of aliphatic hydroxyl groups is 1. The maximum absolute atomic E-state index is 12.1. The van der Waals surface area contributed by atoms with Gasteiger partial charge in [0, 0.05) is 24.7 Å². The van der Waals surface area contributed by atoms with Crippen LogP contribution in [0.5, 0.6) is 0 Å². The summed E-state index contributed by atoms with van der Waals surface area (Å²) in [5.41, 5.74) is 1.25. The van der Waals surface area contributed by atoms with Crippen molar-refractivity contribution in [2.24, 2.45) is 0 Å². The minimum atomic E-state index is -0.348. The van der Waals surface area contributed by atoms with Gasteiger partial charge in [-0.2, -0.15) is 0 Å². The summed E-state index contributed by atoms with van der Waals surface area (Å²) in [5.74, 6) is 4.77. The molecule has 1 N–H and O–H groups in total. The Morgan fingerprint density at radius 1 is 1.30 bits per heavy atom. The molecular weight excluding hydrogens is 258 g/mol. The summed E-state index contributed by atoms with van der Waals surface area (Å²) >= 11 is 0. The van der Waals surface area contributed by atoms with E-state index in [0.717, 1.165) is 5.56 Å². The van der Waals surface area contributed by atoms with E-state index in [0.29, 0.717) is 12.1 Å². The predicted molar refractivity (Wildman–Crippen MR) is 74.0 cm³/mol. The number of methoxy groups -OCH3 is 1. The van der Waals surface area contributed by atoms with E-state index >= 15 is 0 Å². The third kappa shape index (κ3) is 4.75. The SMILES string of the molecule is COC(=O)CCN(C)C(=O)c1ccc(C#CCO)cc1. The molecule has 0 aliphatic rings. The van der Waals surface area contributed by atoms with Crippen LogP contribution in [-0.4, -0.2) is 49.2 Å². The zero-order chi connectivity index (χ0) is 15.0. The van der Waals surface area contributed by atoms with E-state index in [1.165, 1.54) is 12.0 Å². The number of hydrogen-bond donors (Lipinski definition) is 1. The monoisotopic (exact) mass is 275 g/mol. The lowest BCUT2D eigenvalue weighted by Crippen LogP contribution is -2.29. The molecule has 5 nitrogen and oxygen atoms in total. The van der Waals surface area contributed by atoms with E-state index < -0.39 is 0 Å². The Balaban J connectivity index is 2.65. The molecule has 1 aromatic rings. The Morgan fingerprint density at radius 2 is 1.95 bits per heavy atom. The van der Waals surface area contributed by atoms with Crippen molar-refractivity contribution in [2.75, 3.05) is 27.3 Å². The highest BCUT2D eigenvalue weighted by molar-refractivity contribution is 5.94. The van der Waals surface area contributed by atoms with Gasteiger partial charge in [0.25, 0.3) is 5.91 Å². The van der Waals surface area contributed by atoms with E-state index in [-0.39, 0.29) is 24.9 Å². The summed E-state index contributed by atoms with van der Waals surface area (Å²) in [6, 6.07) is 6.75. The van der Waals surface area contributed by atoms with Gasteiger partial charge in [0.05, 0.1) is 13.5 Å². The van der Waals surface area contributed by atoms with Gasteiger partial charge in [-0.3, -0.25) is 9.59 Å². The first kappa shape index (κ1) is 15.7. The molecule has 5 heteroatoms. The number of ether oxygens (including phenoxy) is 1. The smallest absolute Gasteiger partial charge is 0.307 e. The molecule has 0 spiro atoms. The van der Waals surface area contributed by atoms with E-state index in [4.69, 9.17) is 5.11 Å². The Labute approximate surface area is 118 Å². The van der Waals surface area contributed by atoms with Gasteiger partial charge in [0.2, 0.25) is 0 Å². The zero-order valence-electron chi connectivity index (χ0n) is 11.5. The highest BCUT2D eigenvalue weighted by Crippen LogP contribution is 2.07. The van der Waals surface area contributed by atoms with Crippen LogP contribution in [0.4, 0.5) is 0 Å². The predicted octanol–water partition coefficient (Wildman–Crippen LogP) is 0.665. The second-order valence-corrected chi connectivity index (χ2v) is 4.09. The number of hydrogen-bond acceptors (Lipinski definition) is 4. The normalized spacial score (nSPS) is 9.35.